The summed E-state index contributed by atoms with van der Waals surface area (Å²) >= 11 is 0. The Hall–Kier alpha value is -4.20. The van der Waals surface area contributed by atoms with Gasteiger partial charge in [0.05, 0.1) is 28.9 Å². The van der Waals surface area contributed by atoms with Gasteiger partial charge in [0.15, 0.2) is 17.1 Å². The molecule has 1 unspecified atom stereocenters. The van der Waals surface area contributed by atoms with Gasteiger partial charge in [0.25, 0.3) is 11.1 Å². The van der Waals surface area contributed by atoms with E-state index in [-0.39, 0.29) is 41.5 Å². The van der Waals surface area contributed by atoms with Crippen LogP contribution in [0.4, 0.5) is 22.0 Å². The summed E-state index contributed by atoms with van der Waals surface area (Å²) in [7, 11) is 0. The van der Waals surface area contributed by atoms with E-state index >= 15 is 4.39 Å². The van der Waals surface area contributed by atoms with Crippen molar-refractivity contribution in [3.8, 4) is 17.1 Å². The number of hydrogen-bond acceptors (Lipinski definition) is 7. The lowest BCUT2D eigenvalue weighted by Gasteiger charge is -2.18. The lowest BCUT2D eigenvalue weighted by Crippen LogP contribution is -2.26. The molecule has 0 saturated carbocycles. The first-order chi connectivity index (χ1) is 18.7. The number of pyridine rings is 1. The van der Waals surface area contributed by atoms with Crippen molar-refractivity contribution in [2.24, 2.45) is 0 Å². The third kappa shape index (κ3) is 6.01. The summed E-state index contributed by atoms with van der Waals surface area (Å²) in [4.78, 5) is 32.6. The zero-order valence-electron chi connectivity index (χ0n) is 21.5. The molecule has 0 bridgehead atoms. The smallest absolute Gasteiger partial charge is 0.425 e. The number of aryl methyl sites for hydroxylation is 1. The number of halogens is 5. The first kappa shape index (κ1) is 28.8. The average Bonchev–Trinajstić information content (AvgIpc) is 2.85. The van der Waals surface area contributed by atoms with Crippen LogP contribution in [0.1, 0.15) is 44.7 Å². The minimum atomic E-state index is -4.96. The van der Waals surface area contributed by atoms with Gasteiger partial charge in [-0.05, 0) is 45.7 Å². The molecule has 0 aliphatic rings. The number of H-pyrrole nitrogens is 1. The van der Waals surface area contributed by atoms with Gasteiger partial charge in [-0.15, -0.1) is 0 Å². The minimum absolute atomic E-state index is 0.0377. The molecule has 0 spiro atoms. The van der Waals surface area contributed by atoms with Gasteiger partial charge in [-0.3, -0.25) is 9.59 Å². The number of hydrogen-bond donors (Lipinski definition) is 2. The molecule has 9 nitrogen and oxygen atoms in total. The molecule has 4 aromatic rings. The summed E-state index contributed by atoms with van der Waals surface area (Å²) in [5, 5.41) is 14.7. The highest BCUT2D eigenvalue weighted by Gasteiger charge is 2.38. The maximum Gasteiger partial charge on any atom is 0.425 e. The number of rotatable bonds is 8. The van der Waals surface area contributed by atoms with Gasteiger partial charge in [0.1, 0.15) is 11.6 Å². The molecule has 1 atom stereocenters. The SMILES string of the molecule is CC(CCCn1cc(F)c2cc(-c3ncc(C(C)(C)O)cn3)c(F)cc2c1=O)Oc1cn[nH]c(=O)c1C(F)(F)F. The van der Waals surface area contributed by atoms with Gasteiger partial charge >= 0.3 is 6.18 Å². The van der Waals surface area contributed by atoms with Crippen LogP contribution in [0.5, 0.6) is 5.75 Å². The van der Waals surface area contributed by atoms with Gasteiger partial charge in [-0.2, -0.15) is 18.3 Å². The highest BCUT2D eigenvalue weighted by atomic mass is 19.4. The number of aliphatic hydroxyl groups is 1. The first-order valence-corrected chi connectivity index (χ1v) is 12.1. The van der Waals surface area contributed by atoms with Crippen LogP contribution in [0.25, 0.3) is 22.2 Å². The maximum absolute atomic E-state index is 15.0. The van der Waals surface area contributed by atoms with E-state index < -0.39 is 51.9 Å². The fourth-order valence-electron chi connectivity index (χ4n) is 4.05. The summed E-state index contributed by atoms with van der Waals surface area (Å²) < 4.78 is 75.9. The summed E-state index contributed by atoms with van der Waals surface area (Å²) in [6.45, 7) is 4.49. The Bertz CT molecular complexity index is 1660. The van der Waals surface area contributed by atoms with E-state index in [1.54, 1.807) is 5.10 Å². The standard InChI is InChI=1S/C26H24F5N5O4/c1-13(40-20-11-34-35-23(37)21(20)26(29,30)31)5-4-6-36-12-19(28)15-7-17(18(27)8-16(15)24(36)38)22-32-9-14(10-33-22)25(2,3)39/h7-13,39H,4-6H2,1-3H3,(H,35,37). The van der Waals surface area contributed by atoms with Gasteiger partial charge in [-0.1, -0.05) is 0 Å². The number of alkyl halides is 3. The Kier molecular flexibility index (Phi) is 7.74. The largest absolute Gasteiger partial charge is 0.488 e. The molecular weight excluding hydrogens is 541 g/mol. The van der Waals surface area contributed by atoms with E-state index in [0.29, 0.717) is 5.56 Å². The molecule has 212 valence electrons. The van der Waals surface area contributed by atoms with Crippen LogP contribution >= 0.6 is 0 Å². The van der Waals surface area contributed by atoms with E-state index in [1.807, 2.05) is 0 Å². The molecule has 1 aromatic carbocycles. The molecule has 0 fully saturated rings. The number of nitrogens with zero attached hydrogens (tertiary/aromatic N) is 4. The van der Waals surface area contributed by atoms with Crippen molar-refractivity contribution in [1.29, 1.82) is 0 Å². The van der Waals surface area contributed by atoms with Crippen molar-refractivity contribution in [1.82, 2.24) is 24.7 Å². The molecule has 14 heteroatoms. The van der Waals surface area contributed by atoms with E-state index in [9.17, 15) is 32.3 Å². The Labute approximate surface area is 223 Å². The second-order valence-corrected chi connectivity index (χ2v) is 9.71. The molecule has 2 N–H and O–H groups in total. The summed E-state index contributed by atoms with van der Waals surface area (Å²) in [5.41, 5.74) is -4.59. The van der Waals surface area contributed by atoms with Crippen LogP contribution in [0.2, 0.25) is 0 Å². The van der Waals surface area contributed by atoms with Gasteiger partial charge in [-0.25, -0.2) is 23.8 Å². The van der Waals surface area contributed by atoms with Gasteiger partial charge in [0, 0.05) is 36.1 Å². The average molecular weight is 565 g/mol. The van der Waals surface area contributed by atoms with Gasteiger partial charge < -0.3 is 14.4 Å². The zero-order chi connectivity index (χ0) is 29.4. The van der Waals surface area contributed by atoms with Crippen LogP contribution in [-0.4, -0.2) is 35.9 Å². The van der Waals surface area contributed by atoms with Crippen molar-refractivity contribution in [2.75, 3.05) is 0 Å². The summed E-state index contributed by atoms with van der Waals surface area (Å²) in [5.74, 6) is -2.46. The number of nitrogens with one attached hydrogen (secondary N) is 1. The van der Waals surface area contributed by atoms with Crippen LogP contribution in [0, 0.1) is 11.6 Å². The quantitative estimate of drug-likeness (QED) is 0.305. The van der Waals surface area contributed by atoms with Crippen LogP contribution < -0.4 is 15.9 Å². The molecule has 4 rings (SSSR count). The Morgan fingerprint density at radius 3 is 2.35 bits per heavy atom. The normalized spacial score (nSPS) is 13.0. The number of aromatic amines is 1. The Balaban J connectivity index is 1.52. The second kappa shape index (κ2) is 10.8. The van der Waals surface area contributed by atoms with Crippen molar-refractivity contribution in [3.63, 3.8) is 0 Å². The van der Waals surface area contributed by atoms with Crippen LogP contribution in [-0.2, 0) is 18.3 Å². The molecule has 3 heterocycles. The van der Waals surface area contributed by atoms with E-state index in [4.69, 9.17) is 4.74 Å². The topological polar surface area (TPSA) is 123 Å². The Morgan fingerprint density at radius 2 is 1.73 bits per heavy atom. The number of aromatic nitrogens is 5. The molecule has 0 aliphatic heterocycles. The zero-order valence-corrected chi connectivity index (χ0v) is 21.5. The number of fused-ring (bicyclic) bond motifs is 1. The Morgan fingerprint density at radius 1 is 1.05 bits per heavy atom. The lowest BCUT2D eigenvalue weighted by molar-refractivity contribution is -0.140. The highest BCUT2D eigenvalue weighted by molar-refractivity contribution is 5.86. The third-order valence-corrected chi connectivity index (χ3v) is 6.17. The van der Waals surface area contributed by atoms with Crippen molar-refractivity contribution >= 4 is 10.8 Å². The fourth-order valence-corrected chi connectivity index (χ4v) is 4.05. The molecule has 0 saturated heterocycles. The molecule has 0 amide bonds. The number of benzene rings is 1. The predicted octanol–water partition coefficient (Wildman–Crippen LogP) is 4.31. The van der Waals surface area contributed by atoms with Crippen LogP contribution in [0.3, 0.4) is 0 Å². The van der Waals surface area contributed by atoms with Crippen molar-refractivity contribution < 1.29 is 31.8 Å². The van der Waals surface area contributed by atoms with Gasteiger partial charge in [0.2, 0.25) is 0 Å². The number of ether oxygens (including phenoxy) is 1. The third-order valence-electron chi connectivity index (χ3n) is 6.17. The monoisotopic (exact) mass is 565 g/mol. The van der Waals surface area contributed by atoms with E-state index in [1.165, 1.54) is 33.2 Å². The molecule has 40 heavy (non-hydrogen) atoms. The van der Waals surface area contributed by atoms with Crippen molar-refractivity contribution in [3.05, 3.63) is 80.4 Å². The minimum Gasteiger partial charge on any atom is -0.488 e. The summed E-state index contributed by atoms with van der Waals surface area (Å²) in [6, 6.07) is 2.03. The van der Waals surface area contributed by atoms with E-state index in [2.05, 4.69) is 15.1 Å². The first-order valence-electron chi connectivity index (χ1n) is 12.1. The molecule has 0 aliphatic carbocycles. The highest BCUT2D eigenvalue weighted by Crippen LogP contribution is 2.33. The lowest BCUT2D eigenvalue weighted by atomic mass is 10.0. The second-order valence-electron chi connectivity index (χ2n) is 9.71. The van der Waals surface area contributed by atoms with E-state index in [0.717, 1.165) is 29.1 Å². The predicted molar refractivity (Wildman–Crippen MR) is 134 cm³/mol. The van der Waals surface area contributed by atoms with Crippen LogP contribution in [0.15, 0.2) is 46.5 Å². The summed E-state index contributed by atoms with van der Waals surface area (Å²) in [6.07, 6.45) is -1.09. The molecule has 3 aromatic heterocycles. The molecular formula is C26H24F5N5O4. The molecule has 0 radical (unpaired) electrons. The maximum atomic E-state index is 15.0. The fraction of sp³-hybridized carbons (Fsp3) is 0.346. The van der Waals surface area contributed by atoms with Crippen molar-refractivity contribution in [2.45, 2.75) is 58.0 Å².